The normalized spacial score (nSPS) is 25.3. The van der Waals surface area contributed by atoms with Crippen molar-refractivity contribution >= 4 is 5.91 Å². The van der Waals surface area contributed by atoms with Gasteiger partial charge in [-0.05, 0) is 19.9 Å². The number of hydrogen-bond acceptors (Lipinski definition) is 3. The minimum Gasteiger partial charge on any atom is -0.352 e. The van der Waals surface area contributed by atoms with E-state index in [1.165, 1.54) is 0 Å². The highest BCUT2D eigenvalue weighted by atomic mass is 16.2. The summed E-state index contributed by atoms with van der Waals surface area (Å²) in [7, 11) is 0. The van der Waals surface area contributed by atoms with E-state index in [4.69, 9.17) is 5.73 Å². The minimum atomic E-state index is 0.0955. The summed E-state index contributed by atoms with van der Waals surface area (Å²) in [4.78, 5) is 11.4. The fourth-order valence-corrected chi connectivity index (χ4v) is 1.30. The summed E-state index contributed by atoms with van der Waals surface area (Å²) in [6.45, 7) is 4.18. The molecule has 4 nitrogen and oxygen atoms in total. The summed E-state index contributed by atoms with van der Waals surface area (Å²) < 4.78 is 0. The number of amides is 1. The maximum Gasteiger partial charge on any atom is 0.224 e. The number of carbonyl (C=O) groups excluding carboxylic acids is 1. The number of nitrogens with two attached hydrogens (primary N) is 1. The van der Waals surface area contributed by atoms with Gasteiger partial charge in [0.15, 0.2) is 0 Å². The standard InChI is InChI=1S/C8H17N3O/c1-6(4-9)11-8(12)7-2-3-10-5-7/h6-7,10H,2-5,9H2,1H3,(H,11,12). The van der Waals surface area contributed by atoms with Crippen LogP contribution < -0.4 is 16.4 Å². The van der Waals surface area contributed by atoms with Crippen molar-refractivity contribution in [3.8, 4) is 0 Å². The summed E-state index contributed by atoms with van der Waals surface area (Å²) in [6.07, 6.45) is 0.948. The van der Waals surface area contributed by atoms with Crippen molar-refractivity contribution in [2.24, 2.45) is 11.7 Å². The van der Waals surface area contributed by atoms with Gasteiger partial charge in [0.1, 0.15) is 0 Å². The second-order valence-corrected chi connectivity index (χ2v) is 3.34. The Morgan fingerprint density at radius 3 is 3.08 bits per heavy atom. The predicted octanol–water partition coefficient (Wildman–Crippen LogP) is -0.941. The van der Waals surface area contributed by atoms with Crippen molar-refractivity contribution in [2.45, 2.75) is 19.4 Å². The largest absolute Gasteiger partial charge is 0.352 e. The fourth-order valence-electron chi connectivity index (χ4n) is 1.30. The highest BCUT2D eigenvalue weighted by Crippen LogP contribution is 2.06. The van der Waals surface area contributed by atoms with Crippen LogP contribution in [0.3, 0.4) is 0 Å². The van der Waals surface area contributed by atoms with Crippen molar-refractivity contribution in [2.75, 3.05) is 19.6 Å². The van der Waals surface area contributed by atoms with E-state index >= 15 is 0 Å². The first-order chi connectivity index (χ1) is 5.74. The van der Waals surface area contributed by atoms with Gasteiger partial charge in [-0.1, -0.05) is 0 Å². The highest BCUT2D eigenvalue weighted by molar-refractivity contribution is 5.79. The Morgan fingerprint density at radius 2 is 2.58 bits per heavy atom. The van der Waals surface area contributed by atoms with Crippen LogP contribution in [-0.4, -0.2) is 31.6 Å². The molecule has 2 atom stereocenters. The van der Waals surface area contributed by atoms with Crippen LogP contribution in [0.2, 0.25) is 0 Å². The lowest BCUT2D eigenvalue weighted by Crippen LogP contribution is -2.41. The van der Waals surface area contributed by atoms with Crippen molar-refractivity contribution < 1.29 is 4.79 Å². The monoisotopic (exact) mass is 171 g/mol. The molecule has 0 radical (unpaired) electrons. The number of rotatable bonds is 3. The molecular weight excluding hydrogens is 154 g/mol. The number of nitrogens with one attached hydrogen (secondary N) is 2. The molecule has 0 bridgehead atoms. The smallest absolute Gasteiger partial charge is 0.224 e. The Labute approximate surface area is 72.9 Å². The molecule has 0 aromatic rings. The average molecular weight is 171 g/mol. The van der Waals surface area contributed by atoms with E-state index in [-0.39, 0.29) is 17.9 Å². The van der Waals surface area contributed by atoms with Crippen LogP contribution in [0.5, 0.6) is 0 Å². The zero-order valence-electron chi connectivity index (χ0n) is 7.47. The van der Waals surface area contributed by atoms with Gasteiger partial charge < -0.3 is 16.4 Å². The second-order valence-electron chi connectivity index (χ2n) is 3.34. The molecule has 1 heterocycles. The summed E-state index contributed by atoms with van der Waals surface area (Å²) in [5, 5.41) is 6.02. The fraction of sp³-hybridized carbons (Fsp3) is 0.875. The van der Waals surface area contributed by atoms with E-state index in [0.717, 1.165) is 19.5 Å². The van der Waals surface area contributed by atoms with E-state index < -0.39 is 0 Å². The molecule has 12 heavy (non-hydrogen) atoms. The van der Waals surface area contributed by atoms with Crippen LogP contribution in [0.25, 0.3) is 0 Å². The Hall–Kier alpha value is -0.610. The molecule has 1 fully saturated rings. The maximum atomic E-state index is 11.4. The molecule has 1 saturated heterocycles. The van der Waals surface area contributed by atoms with E-state index in [2.05, 4.69) is 10.6 Å². The van der Waals surface area contributed by atoms with Crippen LogP contribution in [0.15, 0.2) is 0 Å². The zero-order valence-corrected chi connectivity index (χ0v) is 7.47. The molecule has 0 aliphatic carbocycles. The van der Waals surface area contributed by atoms with Gasteiger partial charge in [0.05, 0.1) is 5.92 Å². The summed E-state index contributed by atoms with van der Waals surface area (Å²) in [6, 6.07) is 0.0955. The Bertz CT molecular complexity index is 154. The van der Waals surface area contributed by atoms with Crippen molar-refractivity contribution in [1.29, 1.82) is 0 Å². The molecule has 1 aliphatic rings. The molecule has 4 N–H and O–H groups in total. The first-order valence-electron chi connectivity index (χ1n) is 4.45. The lowest BCUT2D eigenvalue weighted by atomic mass is 10.1. The Kier molecular flexibility index (Phi) is 3.49. The van der Waals surface area contributed by atoms with Gasteiger partial charge in [0.2, 0.25) is 5.91 Å². The lowest BCUT2D eigenvalue weighted by molar-refractivity contribution is -0.124. The molecule has 0 spiro atoms. The molecule has 0 saturated carbocycles. The van der Waals surface area contributed by atoms with Gasteiger partial charge in [-0.2, -0.15) is 0 Å². The molecule has 2 unspecified atom stereocenters. The van der Waals surface area contributed by atoms with Gasteiger partial charge in [0, 0.05) is 19.1 Å². The number of hydrogen-bond donors (Lipinski definition) is 3. The first-order valence-corrected chi connectivity index (χ1v) is 4.45. The van der Waals surface area contributed by atoms with E-state index in [1.54, 1.807) is 0 Å². The summed E-state index contributed by atoms with van der Waals surface area (Å²) in [5.41, 5.74) is 5.39. The summed E-state index contributed by atoms with van der Waals surface area (Å²) in [5.74, 6) is 0.289. The third-order valence-corrected chi connectivity index (χ3v) is 2.17. The molecule has 70 valence electrons. The van der Waals surface area contributed by atoms with Crippen molar-refractivity contribution in [3.63, 3.8) is 0 Å². The predicted molar refractivity (Wildman–Crippen MR) is 47.6 cm³/mol. The van der Waals surface area contributed by atoms with Gasteiger partial charge in [-0.15, -0.1) is 0 Å². The average Bonchev–Trinajstić information content (AvgIpc) is 2.56. The highest BCUT2D eigenvalue weighted by Gasteiger charge is 2.22. The minimum absolute atomic E-state index is 0.0955. The SMILES string of the molecule is CC(CN)NC(=O)C1CCNC1. The van der Waals surface area contributed by atoms with E-state index in [1.807, 2.05) is 6.92 Å². The van der Waals surface area contributed by atoms with E-state index in [0.29, 0.717) is 6.54 Å². The third kappa shape index (κ3) is 2.46. The second kappa shape index (κ2) is 4.42. The molecule has 1 amide bonds. The molecule has 0 aromatic heterocycles. The van der Waals surface area contributed by atoms with E-state index in [9.17, 15) is 4.79 Å². The van der Waals surface area contributed by atoms with Crippen molar-refractivity contribution in [3.05, 3.63) is 0 Å². The van der Waals surface area contributed by atoms with Gasteiger partial charge in [-0.25, -0.2) is 0 Å². The topological polar surface area (TPSA) is 67.1 Å². The van der Waals surface area contributed by atoms with Crippen LogP contribution >= 0.6 is 0 Å². The van der Waals surface area contributed by atoms with Gasteiger partial charge in [-0.3, -0.25) is 4.79 Å². The van der Waals surface area contributed by atoms with Crippen LogP contribution in [0, 0.1) is 5.92 Å². The van der Waals surface area contributed by atoms with Crippen LogP contribution in [-0.2, 0) is 4.79 Å². The molecule has 1 rings (SSSR count). The number of carbonyl (C=O) groups is 1. The lowest BCUT2D eigenvalue weighted by Gasteiger charge is -2.14. The maximum absolute atomic E-state index is 11.4. The summed E-state index contributed by atoms with van der Waals surface area (Å²) >= 11 is 0. The Morgan fingerprint density at radius 1 is 1.83 bits per heavy atom. The van der Waals surface area contributed by atoms with Crippen LogP contribution in [0.1, 0.15) is 13.3 Å². The third-order valence-electron chi connectivity index (χ3n) is 2.17. The quantitative estimate of drug-likeness (QED) is 0.513. The molecule has 4 heteroatoms. The molecular formula is C8H17N3O. The molecule has 1 aliphatic heterocycles. The van der Waals surface area contributed by atoms with Gasteiger partial charge >= 0.3 is 0 Å². The van der Waals surface area contributed by atoms with Crippen LogP contribution in [0.4, 0.5) is 0 Å². The van der Waals surface area contributed by atoms with Crippen molar-refractivity contribution in [1.82, 2.24) is 10.6 Å². The van der Waals surface area contributed by atoms with Gasteiger partial charge in [0.25, 0.3) is 0 Å². The Balaban J connectivity index is 2.27. The first kappa shape index (κ1) is 9.48. The molecule has 0 aromatic carbocycles. The zero-order chi connectivity index (χ0) is 8.97.